The first-order valence-corrected chi connectivity index (χ1v) is 15.8. The maximum Gasteiger partial charge on any atom is 0.504 e. The van der Waals surface area contributed by atoms with Crippen molar-refractivity contribution in [1.82, 2.24) is 0 Å². The quantitative estimate of drug-likeness (QED) is 0.702. The first-order valence-electron chi connectivity index (χ1n) is 6.55. The predicted octanol–water partition coefficient (Wildman–Crippen LogP) is 0.981. The van der Waals surface area contributed by atoms with Crippen LogP contribution in [0.5, 0.6) is 0 Å². The fourth-order valence-electron chi connectivity index (χ4n) is 1.77. The lowest BCUT2D eigenvalue weighted by Crippen LogP contribution is -2.60. The molecule has 0 aliphatic carbocycles. The zero-order valence-electron chi connectivity index (χ0n) is 12.0. The summed E-state index contributed by atoms with van der Waals surface area (Å²) in [4.78, 5) is 0. The molecule has 0 spiro atoms. The summed E-state index contributed by atoms with van der Waals surface area (Å²) in [5.41, 5.74) is 0. The first-order chi connectivity index (χ1) is 8.50. The SMILES string of the molecule is C[SiH2]O[Si](O[SiH](C)C)(O[SiH](C)C)c1ccccc1. The van der Waals surface area contributed by atoms with E-state index in [0.29, 0.717) is 0 Å². The molecule has 0 N–H and O–H groups in total. The molecule has 0 aliphatic rings. The van der Waals surface area contributed by atoms with Gasteiger partial charge in [0.25, 0.3) is 0 Å². The molecule has 0 bridgehead atoms. The molecule has 0 fully saturated rings. The Morgan fingerprint density at radius 2 is 1.44 bits per heavy atom. The van der Waals surface area contributed by atoms with Gasteiger partial charge in [-0.1, -0.05) is 36.9 Å². The summed E-state index contributed by atoms with van der Waals surface area (Å²) in [7, 11) is -5.58. The van der Waals surface area contributed by atoms with E-state index in [9.17, 15) is 0 Å². The lowest BCUT2D eigenvalue weighted by molar-refractivity contribution is 0.295. The van der Waals surface area contributed by atoms with Gasteiger partial charge in [0.2, 0.25) is 0 Å². The van der Waals surface area contributed by atoms with E-state index >= 15 is 0 Å². The number of hydrogen-bond acceptors (Lipinski definition) is 3. The number of hydrogen-bond donors (Lipinski definition) is 0. The topological polar surface area (TPSA) is 27.7 Å². The molecule has 0 atom stereocenters. The predicted molar refractivity (Wildman–Crippen MR) is 87.2 cm³/mol. The van der Waals surface area contributed by atoms with Crippen LogP contribution in [0.25, 0.3) is 0 Å². The van der Waals surface area contributed by atoms with Gasteiger partial charge in [-0.3, -0.25) is 0 Å². The standard InChI is InChI=1S/C11H24O3Si4/c1-15-12-18(13-16(2)3,14-17(4)5)11-9-7-6-8-10-11/h6-10,16-17H,15H2,1-5H3. The van der Waals surface area contributed by atoms with Crippen LogP contribution in [0.2, 0.25) is 32.7 Å². The molecule has 0 saturated carbocycles. The van der Waals surface area contributed by atoms with Crippen LogP contribution in [0.1, 0.15) is 0 Å². The van der Waals surface area contributed by atoms with E-state index in [-0.39, 0.29) is 0 Å². The second-order valence-electron chi connectivity index (χ2n) is 4.69. The van der Waals surface area contributed by atoms with Crippen LogP contribution < -0.4 is 5.19 Å². The molecule has 1 aromatic carbocycles. The molecule has 18 heavy (non-hydrogen) atoms. The minimum Gasteiger partial charge on any atom is -0.419 e. The summed E-state index contributed by atoms with van der Waals surface area (Å²) >= 11 is 0. The molecule has 0 unspecified atom stereocenters. The van der Waals surface area contributed by atoms with Crippen LogP contribution in [0.4, 0.5) is 0 Å². The zero-order chi connectivity index (χ0) is 13.6. The maximum absolute atomic E-state index is 6.28. The summed E-state index contributed by atoms with van der Waals surface area (Å²) in [6, 6.07) is 10.3. The third-order valence-electron chi connectivity index (χ3n) is 2.24. The molecule has 1 rings (SSSR count). The van der Waals surface area contributed by atoms with E-state index in [1.54, 1.807) is 0 Å². The average molecular weight is 317 g/mol. The molecular formula is C11H24O3Si4. The van der Waals surface area contributed by atoms with Crippen molar-refractivity contribution in [3.8, 4) is 0 Å². The molecule has 7 heteroatoms. The third-order valence-corrected chi connectivity index (χ3v) is 12.2. The van der Waals surface area contributed by atoms with E-state index in [0.717, 1.165) is 5.19 Å². The zero-order valence-corrected chi connectivity index (χ0v) is 16.7. The molecular weight excluding hydrogens is 292 g/mol. The van der Waals surface area contributed by atoms with Crippen molar-refractivity contribution < 1.29 is 12.3 Å². The Labute approximate surface area is 117 Å². The van der Waals surface area contributed by atoms with Crippen molar-refractivity contribution in [1.29, 1.82) is 0 Å². The summed E-state index contributed by atoms with van der Waals surface area (Å²) in [5.74, 6) is 0. The van der Waals surface area contributed by atoms with Crippen molar-refractivity contribution in [2.24, 2.45) is 0 Å². The molecule has 3 nitrogen and oxygen atoms in total. The van der Waals surface area contributed by atoms with Crippen LogP contribution in [-0.2, 0) is 12.3 Å². The second kappa shape index (κ2) is 7.53. The highest BCUT2D eigenvalue weighted by molar-refractivity contribution is 6.87. The van der Waals surface area contributed by atoms with Crippen LogP contribution in [0, 0.1) is 0 Å². The van der Waals surface area contributed by atoms with E-state index in [1.165, 1.54) is 0 Å². The van der Waals surface area contributed by atoms with Crippen LogP contribution in [0.3, 0.4) is 0 Å². The van der Waals surface area contributed by atoms with Gasteiger partial charge in [-0.25, -0.2) is 0 Å². The van der Waals surface area contributed by atoms with Gasteiger partial charge in [0.15, 0.2) is 18.1 Å². The number of benzene rings is 1. The highest BCUT2D eigenvalue weighted by Crippen LogP contribution is 2.13. The largest absolute Gasteiger partial charge is 0.504 e. The van der Waals surface area contributed by atoms with E-state index in [2.05, 4.69) is 44.9 Å². The van der Waals surface area contributed by atoms with Crippen LogP contribution in [-0.4, -0.2) is 36.6 Å². The fraction of sp³-hybridized carbons (Fsp3) is 0.455. The molecule has 0 aromatic heterocycles. The second-order valence-corrected chi connectivity index (χ2v) is 14.2. The molecule has 1 aromatic rings. The third kappa shape index (κ3) is 4.57. The van der Waals surface area contributed by atoms with Crippen LogP contribution >= 0.6 is 0 Å². The normalized spacial score (nSPS) is 13.1. The van der Waals surface area contributed by atoms with Gasteiger partial charge >= 0.3 is 8.80 Å². The molecule has 0 aliphatic heterocycles. The highest BCUT2D eigenvalue weighted by Gasteiger charge is 2.43. The summed E-state index contributed by atoms with van der Waals surface area (Å²) < 4.78 is 18.7. The average Bonchev–Trinajstić information content (AvgIpc) is 2.28. The van der Waals surface area contributed by atoms with Gasteiger partial charge in [0.05, 0.1) is 0 Å². The van der Waals surface area contributed by atoms with Crippen molar-refractivity contribution in [3.63, 3.8) is 0 Å². The molecule has 0 saturated heterocycles. The Balaban J connectivity index is 3.10. The van der Waals surface area contributed by atoms with Crippen molar-refractivity contribution in [2.75, 3.05) is 0 Å². The Kier molecular flexibility index (Phi) is 6.70. The minimum atomic E-state index is -2.61. The van der Waals surface area contributed by atoms with Gasteiger partial charge in [-0.05, 0) is 26.2 Å². The van der Waals surface area contributed by atoms with Crippen molar-refractivity contribution in [3.05, 3.63) is 30.3 Å². The maximum atomic E-state index is 6.28. The van der Waals surface area contributed by atoms with Gasteiger partial charge in [-0.2, -0.15) is 0 Å². The summed E-state index contributed by atoms with van der Waals surface area (Å²) in [5, 5.41) is 1.13. The smallest absolute Gasteiger partial charge is 0.419 e. The Hall–Kier alpha value is -0.0325. The molecule has 102 valence electrons. The van der Waals surface area contributed by atoms with Gasteiger partial charge in [0.1, 0.15) is 9.76 Å². The van der Waals surface area contributed by atoms with E-state index < -0.39 is 36.6 Å². The lowest BCUT2D eigenvalue weighted by Gasteiger charge is -2.33. The van der Waals surface area contributed by atoms with Crippen molar-refractivity contribution in [2.45, 2.75) is 32.7 Å². The molecule has 0 amide bonds. The van der Waals surface area contributed by atoms with Gasteiger partial charge in [-0.15, -0.1) is 0 Å². The Bertz CT molecular complexity index is 335. The fourth-order valence-corrected chi connectivity index (χ4v) is 13.1. The van der Waals surface area contributed by atoms with E-state index in [4.69, 9.17) is 12.3 Å². The van der Waals surface area contributed by atoms with Crippen molar-refractivity contribution >= 4 is 41.8 Å². The molecule has 0 heterocycles. The summed E-state index contributed by atoms with van der Waals surface area (Å²) in [6.45, 7) is 10.8. The lowest BCUT2D eigenvalue weighted by atomic mass is 10.4. The Morgan fingerprint density at radius 3 is 1.83 bits per heavy atom. The van der Waals surface area contributed by atoms with Gasteiger partial charge < -0.3 is 12.3 Å². The molecule has 0 radical (unpaired) electrons. The first kappa shape index (κ1) is 16.0. The monoisotopic (exact) mass is 316 g/mol. The highest BCUT2D eigenvalue weighted by atomic mass is 28.5. The van der Waals surface area contributed by atoms with Crippen LogP contribution in [0.15, 0.2) is 30.3 Å². The summed E-state index contributed by atoms with van der Waals surface area (Å²) in [6.07, 6.45) is 0. The minimum absolute atomic E-state index is 0.564. The number of rotatable bonds is 7. The Morgan fingerprint density at radius 1 is 0.944 bits per heavy atom. The van der Waals surface area contributed by atoms with Gasteiger partial charge in [0, 0.05) is 5.19 Å². The van der Waals surface area contributed by atoms with E-state index in [1.807, 2.05) is 18.2 Å².